The van der Waals surface area contributed by atoms with Crippen molar-refractivity contribution in [3.8, 4) is 17.2 Å². The van der Waals surface area contributed by atoms with Crippen LogP contribution in [0.25, 0.3) is 0 Å². The summed E-state index contributed by atoms with van der Waals surface area (Å²) in [5.41, 5.74) is 1.11. The Morgan fingerprint density at radius 2 is 1.75 bits per heavy atom. The van der Waals surface area contributed by atoms with Crippen molar-refractivity contribution in [1.29, 1.82) is 0 Å². The van der Waals surface area contributed by atoms with E-state index in [0.29, 0.717) is 16.4 Å². The van der Waals surface area contributed by atoms with Crippen LogP contribution in [0, 0.1) is 0 Å². The Hall–Kier alpha value is -3.56. The van der Waals surface area contributed by atoms with E-state index in [-0.39, 0.29) is 28.0 Å². The molecule has 1 unspecified atom stereocenters. The van der Waals surface area contributed by atoms with Gasteiger partial charge < -0.3 is 9.47 Å². The molecule has 0 saturated carbocycles. The molecule has 0 spiro atoms. The third kappa shape index (κ3) is 7.22. The van der Waals surface area contributed by atoms with Crippen LogP contribution in [0.4, 0.5) is 5.82 Å². The molecule has 8 nitrogen and oxygen atoms in total. The average molecular weight is 526 g/mol. The van der Waals surface area contributed by atoms with E-state index in [9.17, 15) is 4.21 Å². The molecule has 36 heavy (non-hydrogen) atoms. The molecule has 0 aliphatic rings. The SMILES string of the molecule is CN=C/C=C\N=Cc1nc(Cl)c(Oc2ccccc2OC)c(NS(=O)c2ccc(C(C)(C)C)cc2)n1. The van der Waals surface area contributed by atoms with Gasteiger partial charge in [0.1, 0.15) is 0 Å². The number of methoxy groups -OCH3 is 1. The van der Waals surface area contributed by atoms with Gasteiger partial charge in [0.25, 0.3) is 0 Å². The van der Waals surface area contributed by atoms with Crippen molar-refractivity contribution >= 4 is 40.8 Å². The minimum Gasteiger partial charge on any atom is -0.493 e. The summed E-state index contributed by atoms with van der Waals surface area (Å²) in [6.07, 6.45) is 6.21. The summed E-state index contributed by atoms with van der Waals surface area (Å²) in [7, 11) is 1.54. The minimum absolute atomic E-state index is 0.0130. The monoisotopic (exact) mass is 525 g/mol. The quantitative estimate of drug-likeness (QED) is 0.273. The Morgan fingerprint density at radius 3 is 2.39 bits per heavy atom. The van der Waals surface area contributed by atoms with Gasteiger partial charge in [-0.05, 0) is 41.3 Å². The van der Waals surface area contributed by atoms with E-state index in [4.69, 9.17) is 21.1 Å². The summed E-state index contributed by atoms with van der Waals surface area (Å²) in [5, 5.41) is 0.0130. The zero-order valence-electron chi connectivity index (χ0n) is 20.7. The second kappa shape index (κ2) is 12.4. The van der Waals surface area contributed by atoms with Gasteiger partial charge in [0.05, 0.1) is 18.2 Å². The van der Waals surface area contributed by atoms with Crippen molar-refractivity contribution < 1.29 is 13.7 Å². The molecular formula is C26H28ClN5O3S. The standard InChI is InChI=1S/C26H28ClN5O3S/c1-26(2,3)18-11-13-19(14-12-18)36(33)32-25-23(35-21-10-7-6-9-20(21)34-5)24(27)30-22(31-25)17-29-16-8-15-28-4/h6-17H,1-5H3,(H,30,31,32)/b16-8-,28-15?,29-17?. The molecule has 10 heteroatoms. The summed E-state index contributed by atoms with van der Waals surface area (Å²) in [5.74, 6) is 1.34. The third-order valence-electron chi connectivity index (χ3n) is 4.84. The van der Waals surface area contributed by atoms with Crippen LogP contribution in [0.15, 0.2) is 75.7 Å². The molecule has 0 fully saturated rings. The number of anilines is 1. The highest BCUT2D eigenvalue weighted by atomic mass is 35.5. The van der Waals surface area contributed by atoms with E-state index in [1.807, 2.05) is 30.3 Å². The number of benzene rings is 2. The average Bonchev–Trinajstić information content (AvgIpc) is 2.85. The maximum absolute atomic E-state index is 13.2. The maximum atomic E-state index is 13.2. The highest BCUT2D eigenvalue weighted by Gasteiger charge is 2.20. The predicted octanol–water partition coefficient (Wildman–Crippen LogP) is 6.00. The first-order valence-corrected chi connectivity index (χ1v) is 12.5. The number of aromatic nitrogens is 2. The van der Waals surface area contributed by atoms with E-state index in [1.165, 1.54) is 19.5 Å². The fourth-order valence-electron chi connectivity index (χ4n) is 2.98. The predicted molar refractivity (Wildman–Crippen MR) is 146 cm³/mol. The Bertz CT molecular complexity index is 1300. The number of nitrogens with one attached hydrogen (secondary N) is 1. The first kappa shape index (κ1) is 27.0. The molecule has 0 amide bonds. The van der Waals surface area contributed by atoms with Crippen LogP contribution in [0.1, 0.15) is 32.2 Å². The van der Waals surface area contributed by atoms with Gasteiger partial charge in [0.2, 0.25) is 5.75 Å². The normalized spacial score (nSPS) is 12.9. The van der Waals surface area contributed by atoms with Crippen LogP contribution < -0.4 is 14.2 Å². The van der Waals surface area contributed by atoms with Crippen molar-refractivity contribution in [1.82, 2.24) is 9.97 Å². The zero-order chi connectivity index (χ0) is 26.1. The number of halogens is 1. The van der Waals surface area contributed by atoms with Gasteiger partial charge in [-0.2, -0.15) is 0 Å². The lowest BCUT2D eigenvalue weighted by atomic mass is 9.87. The van der Waals surface area contributed by atoms with Crippen LogP contribution in [-0.4, -0.2) is 40.8 Å². The number of hydrogen-bond acceptors (Lipinski definition) is 7. The number of para-hydroxylation sites is 2. The zero-order valence-corrected chi connectivity index (χ0v) is 22.3. The van der Waals surface area contributed by atoms with Crippen molar-refractivity contribution in [2.24, 2.45) is 9.98 Å². The molecule has 0 aliphatic carbocycles. The van der Waals surface area contributed by atoms with Gasteiger partial charge in [-0.3, -0.25) is 14.7 Å². The molecule has 3 rings (SSSR count). The number of hydrogen-bond donors (Lipinski definition) is 1. The summed E-state index contributed by atoms with van der Waals surface area (Å²) < 4.78 is 27.5. The van der Waals surface area contributed by atoms with Gasteiger partial charge >= 0.3 is 0 Å². The van der Waals surface area contributed by atoms with E-state index >= 15 is 0 Å². The molecule has 1 aromatic heterocycles. The number of ether oxygens (including phenoxy) is 2. The van der Waals surface area contributed by atoms with Crippen LogP contribution in [0.5, 0.6) is 17.2 Å². The Morgan fingerprint density at radius 1 is 1.06 bits per heavy atom. The summed E-state index contributed by atoms with van der Waals surface area (Å²) in [6, 6.07) is 14.6. The Labute approximate surface area is 218 Å². The Balaban J connectivity index is 1.98. The highest BCUT2D eigenvalue weighted by Crippen LogP contribution is 2.38. The van der Waals surface area contributed by atoms with Crippen molar-refractivity contribution in [3.63, 3.8) is 0 Å². The summed E-state index contributed by atoms with van der Waals surface area (Å²) in [6.45, 7) is 6.36. The van der Waals surface area contributed by atoms with Gasteiger partial charge in [0.15, 0.2) is 39.3 Å². The molecule has 2 aromatic carbocycles. The fraction of sp³-hybridized carbons (Fsp3) is 0.231. The van der Waals surface area contributed by atoms with Crippen molar-refractivity contribution in [2.45, 2.75) is 31.1 Å². The van der Waals surface area contributed by atoms with E-state index in [2.05, 4.69) is 45.4 Å². The largest absolute Gasteiger partial charge is 0.493 e. The van der Waals surface area contributed by atoms with Crippen molar-refractivity contribution in [2.75, 3.05) is 18.9 Å². The number of aliphatic imine (C=N–C) groups is 2. The van der Waals surface area contributed by atoms with E-state index < -0.39 is 11.0 Å². The lowest BCUT2D eigenvalue weighted by Crippen LogP contribution is -2.12. The van der Waals surface area contributed by atoms with E-state index in [0.717, 1.165) is 5.56 Å². The molecule has 1 atom stereocenters. The molecule has 1 heterocycles. The highest BCUT2D eigenvalue weighted by molar-refractivity contribution is 7.86. The van der Waals surface area contributed by atoms with Gasteiger partial charge in [-0.25, -0.2) is 14.2 Å². The molecular weight excluding hydrogens is 498 g/mol. The third-order valence-corrected chi connectivity index (χ3v) is 6.18. The topological polar surface area (TPSA) is 98.1 Å². The molecule has 0 radical (unpaired) electrons. The Kier molecular flexibility index (Phi) is 9.32. The first-order chi connectivity index (χ1) is 17.2. The van der Waals surface area contributed by atoms with Gasteiger partial charge in [0, 0.05) is 19.5 Å². The second-order valence-electron chi connectivity index (χ2n) is 8.48. The first-order valence-electron chi connectivity index (χ1n) is 11.0. The lowest BCUT2D eigenvalue weighted by molar-refractivity contribution is 0.378. The molecule has 0 saturated heterocycles. The second-order valence-corrected chi connectivity index (χ2v) is 10.0. The molecule has 0 aliphatic heterocycles. The fourth-order valence-corrected chi connectivity index (χ4v) is 4.01. The summed E-state index contributed by atoms with van der Waals surface area (Å²) in [4.78, 5) is 17.2. The van der Waals surface area contributed by atoms with Crippen LogP contribution in [-0.2, 0) is 16.4 Å². The maximum Gasteiger partial charge on any atom is 0.208 e. The number of allylic oxidation sites excluding steroid dienone is 1. The summed E-state index contributed by atoms with van der Waals surface area (Å²) >= 11 is 6.49. The minimum atomic E-state index is -1.66. The number of rotatable bonds is 9. The van der Waals surface area contributed by atoms with Crippen LogP contribution >= 0.6 is 11.6 Å². The van der Waals surface area contributed by atoms with Crippen molar-refractivity contribution in [3.05, 3.63) is 77.3 Å². The van der Waals surface area contributed by atoms with Crippen LogP contribution in [0.3, 0.4) is 0 Å². The molecule has 3 aromatic rings. The number of nitrogens with zero attached hydrogens (tertiary/aromatic N) is 4. The van der Waals surface area contributed by atoms with Gasteiger partial charge in [-0.1, -0.05) is 56.6 Å². The van der Waals surface area contributed by atoms with Crippen LogP contribution in [0.2, 0.25) is 5.15 Å². The van der Waals surface area contributed by atoms with E-state index in [1.54, 1.807) is 37.5 Å². The molecule has 0 bridgehead atoms. The lowest BCUT2D eigenvalue weighted by Gasteiger charge is -2.19. The molecule has 1 N–H and O–H groups in total. The molecule has 188 valence electrons. The smallest absolute Gasteiger partial charge is 0.208 e. The van der Waals surface area contributed by atoms with Gasteiger partial charge in [-0.15, -0.1) is 0 Å².